The first-order valence-electron chi connectivity index (χ1n) is 7.33. The Balaban J connectivity index is 2.25. The molecule has 0 saturated carbocycles. The van der Waals surface area contributed by atoms with E-state index in [9.17, 15) is 22.4 Å². The number of aliphatic hydroxyl groups is 1. The molecule has 0 radical (unpaired) electrons. The number of carbonyl (C=O) groups is 2. The fraction of sp³-hybridized carbons (Fsp3) is 0.125. The molecule has 0 heterocycles. The van der Waals surface area contributed by atoms with E-state index in [0.717, 1.165) is 6.07 Å². The van der Waals surface area contributed by atoms with E-state index in [0.29, 0.717) is 0 Å². The van der Waals surface area contributed by atoms with Crippen LogP contribution in [0.4, 0.5) is 10.1 Å². The first-order chi connectivity index (χ1) is 12.2. The van der Waals surface area contributed by atoms with Crippen LogP contribution in [0.5, 0.6) is 0 Å². The number of anilines is 1. The van der Waals surface area contributed by atoms with Crippen molar-refractivity contribution in [2.45, 2.75) is 10.9 Å². The van der Waals surface area contributed by atoms with Gasteiger partial charge in [0.05, 0.1) is 17.2 Å². The first-order valence-corrected chi connectivity index (χ1v) is 8.81. The lowest BCUT2D eigenvalue weighted by molar-refractivity contribution is -0.120. The number of amides is 2. The van der Waals surface area contributed by atoms with Crippen molar-refractivity contribution in [3.05, 3.63) is 59.9 Å². The largest absolute Gasteiger partial charge is 0.394 e. The van der Waals surface area contributed by atoms with Gasteiger partial charge in [0.25, 0.3) is 5.91 Å². The van der Waals surface area contributed by atoms with Crippen LogP contribution < -0.4 is 15.8 Å². The molecule has 2 aromatic carbocycles. The van der Waals surface area contributed by atoms with Gasteiger partial charge in [0, 0.05) is 5.56 Å². The van der Waals surface area contributed by atoms with Crippen LogP contribution in [-0.4, -0.2) is 38.0 Å². The molecule has 0 aliphatic heterocycles. The van der Waals surface area contributed by atoms with E-state index in [1.807, 2.05) is 4.72 Å². The molecule has 2 amide bonds. The van der Waals surface area contributed by atoms with Crippen molar-refractivity contribution in [2.75, 3.05) is 11.9 Å². The lowest BCUT2D eigenvalue weighted by Gasteiger charge is -2.13. The van der Waals surface area contributed by atoms with E-state index in [-0.39, 0.29) is 16.1 Å². The summed E-state index contributed by atoms with van der Waals surface area (Å²) in [7, 11) is -4.22. The molecule has 5 N–H and O–H groups in total. The van der Waals surface area contributed by atoms with Gasteiger partial charge in [-0.3, -0.25) is 9.59 Å². The minimum absolute atomic E-state index is 0.0456. The van der Waals surface area contributed by atoms with Crippen LogP contribution in [0.1, 0.15) is 10.4 Å². The number of nitrogens with one attached hydrogen (secondary N) is 2. The number of sulfonamides is 1. The van der Waals surface area contributed by atoms with E-state index < -0.39 is 40.3 Å². The third-order valence-corrected chi connectivity index (χ3v) is 4.82. The van der Waals surface area contributed by atoms with E-state index in [2.05, 4.69) is 5.32 Å². The predicted molar refractivity (Wildman–Crippen MR) is 91.2 cm³/mol. The molecule has 0 unspecified atom stereocenters. The number of benzene rings is 2. The van der Waals surface area contributed by atoms with Crippen molar-refractivity contribution in [3.8, 4) is 0 Å². The van der Waals surface area contributed by atoms with Crippen molar-refractivity contribution in [2.24, 2.45) is 5.73 Å². The van der Waals surface area contributed by atoms with Crippen LogP contribution in [-0.2, 0) is 14.8 Å². The fourth-order valence-corrected chi connectivity index (χ4v) is 3.24. The van der Waals surface area contributed by atoms with Crippen LogP contribution in [0.25, 0.3) is 0 Å². The summed E-state index contributed by atoms with van der Waals surface area (Å²) < 4.78 is 40.1. The lowest BCUT2D eigenvalue weighted by Crippen LogP contribution is -2.46. The summed E-state index contributed by atoms with van der Waals surface area (Å²) >= 11 is 0. The number of primary amides is 1. The highest BCUT2D eigenvalue weighted by Gasteiger charge is 2.24. The topological polar surface area (TPSA) is 139 Å². The van der Waals surface area contributed by atoms with Crippen LogP contribution >= 0.6 is 0 Å². The van der Waals surface area contributed by atoms with Crippen molar-refractivity contribution in [1.29, 1.82) is 0 Å². The van der Waals surface area contributed by atoms with Gasteiger partial charge in [0.2, 0.25) is 15.9 Å². The normalized spacial score (nSPS) is 12.4. The van der Waals surface area contributed by atoms with Crippen molar-refractivity contribution in [1.82, 2.24) is 4.72 Å². The average Bonchev–Trinajstić information content (AvgIpc) is 2.61. The van der Waals surface area contributed by atoms with Gasteiger partial charge in [-0.05, 0) is 30.3 Å². The number of halogens is 1. The highest BCUT2D eigenvalue weighted by Crippen LogP contribution is 2.16. The molecule has 2 aromatic rings. The van der Waals surface area contributed by atoms with Crippen molar-refractivity contribution >= 4 is 27.5 Å². The Labute approximate surface area is 148 Å². The van der Waals surface area contributed by atoms with Gasteiger partial charge in [0.1, 0.15) is 11.9 Å². The Morgan fingerprint density at radius 2 is 1.85 bits per heavy atom. The van der Waals surface area contributed by atoms with Gasteiger partial charge in [-0.25, -0.2) is 12.8 Å². The molecule has 0 aromatic heterocycles. The van der Waals surface area contributed by atoms with Crippen LogP contribution in [0.3, 0.4) is 0 Å². The van der Waals surface area contributed by atoms with Gasteiger partial charge >= 0.3 is 0 Å². The molecule has 1 atom stereocenters. The maximum Gasteiger partial charge on any atom is 0.255 e. The Kier molecular flexibility index (Phi) is 6.03. The molecular formula is C16H16FN3O5S. The number of carbonyl (C=O) groups excluding carboxylic acids is 2. The van der Waals surface area contributed by atoms with Gasteiger partial charge in [-0.15, -0.1) is 0 Å². The van der Waals surface area contributed by atoms with Gasteiger partial charge in [-0.1, -0.05) is 18.2 Å². The van der Waals surface area contributed by atoms with Gasteiger partial charge in [0.15, 0.2) is 0 Å². The summed E-state index contributed by atoms with van der Waals surface area (Å²) in [6.45, 7) is -0.817. The second-order valence-electron chi connectivity index (χ2n) is 5.22. The Bertz CT molecular complexity index is 933. The van der Waals surface area contributed by atoms with E-state index in [4.69, 9.17) is 10.8 Å². The Morgan fingerprint density at radius 1 is 1.15 bits per heavy atom. The molecule has 8 nitrogen and oxygen atoms in total. The zero-order chi connectivity index (χ0) is 19.3. The van der Waals surface area contributed by atoms with Gasteiger partial charge < -0.3 is 16.2 Å². The molecule has 0 bridgehead atoms. The van der Waals surface area contributed by atoms with Crippen LogP contribution in [0.15, 0.2) is 53.4 Å². The minimum Gasteiger partial charge on any atom is -0.394 e. The lowest BCUT2D eigenvalue weighted by atomic mass is 10.2. The molecule has 0 spiro atoms. The second kappa shape index (κ2) is 8.04. The fourth-order valence-electron chi connectivity index (χ4n) is 2.00. The standard InChI is InChI=1S/C16H16FN3O5S/c17-12-6-1-2-7-13(12)19-16(23)10-4-3-5-11(8-10)26(24,25)20-14(9-21)15(18)22/h1-8,14,20-21H,9H2,(H2,18,22)(H,19,23)/t14-/m0/s1. The van der Waals surface area contributed by atoms with Crippen LogP contribution in [0.2, 0.25) is 0 Å². The summed E-state index contributed by atoms with van der Waals surface area (Å²) in [6.07, 6.45) is 0. The summed E-state index contributed by atoms with van der Waals surface area (Å²) in [6, 6.07) is 8.90. The first kappa shape index (κ1) is 19.5. The molecule has 0 aliphatic rings. The van der Waals surface area contributed by atoms with Gasteiger partial charge in [-0.2, -0.15) is 4.72 Å². The highest BCUT2D eigenvalue weighted by atomic mass is 32.2. The summed E-state index contributed by atoms with van der Waals surface area (Å²) in [5.41, 5.74) is 4.88. The molecule has 2 rings (SSSR count). The molecule has 0 fully saturated rings. The number of hydrogen-bond donors (Lipinski definition) is 4. The second-order valence-corrected chi connectivity index (χ2v) is 6.93. The monoisotopic (exact) mass is 381 g/mol. The molecule has 0 aliphatic carbocycles. The number of nitrogens with two attached hydrogens (primary N) is 1. The predicted octanol–water partition coefficient (Wildman–Crippen LogP) is 0.203. The summed E-state index contributed by atoms with van der Waals surface area (Å²) in [5.74, 6) is -2.41. The zero-order valence-electron chi connectivity index (χ0n) is 13.3. The number of aliphatic hydroxyl groups excluding tert-OH is 1. The van der Waals surface area contributed by atoms with Crippen molar-refractivity contribution < 1.29 is 27.5 Å². The third-order valence-electron chi connectivity index (χ3n) is 3.35. The summed E-state index contributed by atoms with van der Waals surface area (Å²) in [4.78, 5) is 23.0. The van der Waals surface area contributed by atoms with Crippen molar-refractivity contribution in [3.63, 3.8) is 0 Å². The van der Waals surface area contributed by atoms with E-state index in [1.165, 1.54) is 42.5 Å². The molecule has 0 saturated heterocycles. The highest BCUT2D eigenvalue weighted by molar-refractivity contribution is 7.89. The van der Waals surface area contributed by atoms with Crippen LogP contribution in [0, 0.1) is 5.82 Å². The average molecular weight is 381 g/mol. The van der Waals surface area contributed by atoms with E-state index in [1.54, 1.807) is 0 Å². The maximum absolute atomic E-state index is 13.6. The zero-order valence-corrected chi connectivity index (χ0v) is 14.2. The molecule has 26 heavy (non-hydrogen) atoms. The van der Waals surface area contributed by atoms with E-state index >= 15 is 0 Å². The Hall–Kier alpha value is -2.82. The Morgan fingerprint density at radius 3 is 2.46 bits per heavy atom. The molecule has 138 valence electrons. The molecule has 10 heteroatoms. The number of para-hydroxylation sites is 1. The number of hydrogen-bond acceptors (Lipinski definition) is 5. The quantitative estimate of drug-likeness (QED) is 0.543. The third kappa shape index (κ3) is 4.63. The summed E-state index contributed by atoms with van der Waals surface area (Å²) in [5, 5.41) is 11.3. The molecular weight excluding hydrogens is 365 g/mol. The SMILES string of the molecule is NC(=O)[C@H](CO)NS(=O)(=O)c1cccc(C(=O)Nc2ccccc2F)c1. The maximum atomic E-state index is 13.6. The minimum atomic E-state index is -4.22. The smallest absolute Gasteiger partial charge is 0.255 e. The number of rotatable bonds is 7.